The second kappa shape index (κ2) is 7.89. The van der Waals surface area contributed by atoms with Gasteiger partial charge in [0, 0.05) is 15.7 Å². The van der Waals surface area contributed by atoms with E-state index >= 15 is 0 Å². The zero-order chi connectivity index (χ0) is 20.4. The Balaban J connectivity index is 1.67. The van der Waals surface area contributed by atoms with Crippen LogP contribution in [0, 0.1) is 0 Å². The Kier molecular flexibility index (Phi) is 5.14. The van der Waals surface area contributed by atoms with Crippen LogP contribution in [0.1, 0.15) is 10.4 Å². The maximum atomic E-state index is 12.7. The second-order valence-corrected chi connectivity index (χ2v) is 7.12. The van der Waals surface area contributed by atoms with Gasteiger partial charge in [-0.05, 0) is 48.5 Å². The van der Waals surface area contributed by atoms with Gasteiger partial charge in [-0.15, -0.1) is 0 Å². The minimum Gasteiger partial charge on any atom is -0.496 e. The van der Waals surface area contributed by atoms with E-state index in [1.807, 2.05) is 0 Å². The number of carbonyl (C=O) groups is 1. The number of methoxy groups -OCH3 is 1. The molecule has 0 spiro atoms. The molecule has 4 aromatic rings. The topological polar surface area (TPSA) is 81.4 Å². The molecule has 0 aliphatic heterocycles. The van der Waals surface area contributed by atoms with Crippen LogP contribution >= 0.6 is 15.9 Å². The summed E-state index contributed by atoms with van der Waals surface area (Å²) >= 11 is 3.36. The lowest BCUT2D eigenvalue weighted by Crippen LogP contribution is -2.13. The van der Waals surface area contributed by atoms with Crippen LogP contribution in [0.4, 0.5) is 5.69 Å². The Hall–Kier alpha value is -3.45. The first kappa shape index (κ1) is 18.9. The van der Waals surface area contributed by atoms with E-state index in [4.69, 9.17) is 9.15 Å². The van der Waals surface area contributed by atoms with Gasteiger partial charge in [-0.2, -0.15) is 0 Å². The number of para-hydroxylation sites is 1. The standard InChI is InChI=1S/C22H15BrN2O4/c1-28-19-10-9-14(23)12-17(19)20(26)24-15-6-4-5-13(11-15)21-25-18-8-3-2-7-16(18)22(27)29-21/h2-12H,1H3,(H,24,26). The SMILES string of the molecule is COc1ccc(Br)cc1C(=O)Nc1cccc(-c2nc3ccccc3c(=O)o2)c1. The van der Waals surface area contributed by atoms with E-state index in [0.29, 0.717) is 33.5 Å². The highest BCUT2D eigenvalue weighted by Gasteiger charge is 2.14. The molecular weight excluding hydrogens is 436 g/mol. The van der Waals surface area contributed by atoms with Crippen molar-refractivity contribution in [2.24, 2.45) is 0 Å². The third-order valence-electron chi connectivity index (χ3n) is 4.31. The van der Waals surface area contributed by atoms with Crippen molar-refractivity contribution in [3.63, 3.8) is 0 Å². The molecule has 1 heterocycles. The summed E-state index contributed by atoms with van der Waals surface area (Å²) in [6.07, 6.45) is 0. The van der Waals surface area contributed by atoms with E-state index in [-0.39, 0.29) is 11.8 Å². The van der Waals surface area contributed by atoms with Crippen LogP contribution in [0.25, 0.3) is 22.4 Å². The predicted octanol–water partition coefficient (Wildman–Crippen LogP) is 4.88. The predicted molar refractivity (Wildman–Crippen MR) is 114 cm³/mol. The Bertz CT molecular complexity index is 1280. The number of hydrogen-bond donors (Lipinski definition) is 1. The first-order valence-electron chi connectivity index (χ1n) is 8.70. The Morgan fingerprint density at radius 1 is 1.07 bits per heavy atom. The summed E-state index contributed by atoms with van der Waals surface area (Å²) in [5.41, 5.74) is 1.59. The van der Waals surface area contributed by atoms with E-state index in [1.54, 1.807) is 66.7 Å². The molecule has 0 radical (unpaired) electrons. The average molecular weight is 451 g/mol. The first-order valence-corrected chi connectivity index (χ1v) is 9.49. The molecule has 7 heteroatoms. The molecule has 0 aliphatic rings. The highest BCUT2D eigenvalue weighted by molar-refractivity contribution is 9.10. The normalized spacial score (nSPS) is 10.7. The van der Waals surface area contributed by atoms with Crippen LogP contribution in [0.5, 0.6) is 5.75 Å². The van der Waals surface area contributed by atoms with Crippen LogP contribution < -0.4 is 15.7 Å². The minimum atomic E-state index is -0.459. The zero-order valence-electron chi connectivity index (χ0n) is 15.3. The number of hydrogen-bond acceptors (Lipinski definition) is 5. The lowest BCUT2D eigenvalue weighted by molar-refractivity contribution is 0.102. The van der Waals surface area contributed by atoms with Crippen molar-refractivity contribution in [3.05, 3.63) is 87.2 Å². The molecule has 1 aromatic heterocycles. The van der Waals surface area contributed by atoms with Gasteiger partial charge < -0.3 is 14.5 Å². The molecule has 1 amide bonds. The minimum absolute atomic E-state index is 0.185. The van der Waals surface area contributed by atoms with Crippen molar-refractivity contribution < 1.29 is 13.9 Å². The van der Waals surface area contributed by atoms with Crippen molar-refractivity contribution in [2.45, 2.75) is 0 Å². The smallest absolute Gasteiger partial charge is 0.347 e. The lowest BCUT2D eigenvalue weighted by atomic mass is 10.1. The maximum absolute atomic E-state index is 12.7. The number of nitrogens with zero attached hydrogens (tertiary/aromatic N) is 1. The van der Waals surface area contributed by atoms with Crippen LogP contribution in [-0.2, 0) is 0 Å². The number of benzene rings is 3. The van der Waals surface area contributed by atoms with Gasteiger partial charge in [-0.25, -0.2) is 9.78 Å². The zero-order valence-corrected chi connectivity index (χ0v) is 16.9. The number of aromatic nitrogens is 1. The number of ether oxygens (including phenoxy) is 1. The molecule has 1 N–H and O–H groups in total. The lowest BCUT2D eigenvalue weighted by Gasteiger charge is -2.10. The molecule has 0 saturated heterocycles. The summed E-state index contributed by atoms with van der Waals surface area (Å²) in [5.74, 6) is 0.321. The number of carbonyl (C=O) groups excluding carboxylic acids is 1. The van der Waals surface area contributed by atoms with Gasteiger partial charge in [0.1, 0.15) is 5.75 Å². The Morgan fingerprint density at radius 2 is 1.90 bits per heavy atom. The van der Waals surface area contributed by atoms with Crippen LogP contribution in [0.2, 0.25) is 0 Å². The quantitative estimate of drug-likeness (QED) is 0.479. The van der Waals surface area contributed by atoms with E-state index in [9.17, 15) is 9.59 Å². The Morgan fingerprint density at radius 3 is 2.72 bits per heavy atom. The van der Waals surface area contributed by atoms with Gasteiger partial charge in [0.05, 0.1) is 23.6 Å². The maximum Gasteiger partial charge on any atom is 0.347 e. The van der Waals surface area contributed by atoms with E-state index in [2.05, 4.69) is 26.2 Å². The Labute approximate surface area is 174 Å². The van der Waals surface area contributed by atoms with Crippen molar-refractivity contribution in [1.82, 2.24) is 4.98 Å². The van der Waals surface area contributed by atoms with Crippen LogP contribution in [-0.4, -0.2) is 18.0 Å². The fourth-order valence-electron chi connectivity index (χ4n) is 2.93. The van der Waals surface area contributed by atoms with E-state index < -0.39 is 5.63 Å². The second-order valence-electron chi connectivity index (χ2n) is 6.20. The van der Waals surface area contributed by atoms with Gasteiger partial charge >= 0.3 is 5.63 Å². The van der Waals surface area contributed by atoms with Gasteiger partial charge in [0.15, 0.2) is 0 Å². The largest absolute Gasteiger partial charge is 0.496 e. The monoisotopic (exact) mass is 450 g/mol. The van der Waals surface area contributed by atoms with E-state index in [1.165, 1.54) is 7.11 Å². The molecule has 0 bridgehead atoms. The highest BCUT2D eigenvalue weighted by atomic mass is 79.9. The summed E-state index contributed by atoms with van der Waals surface area (Å²) in [6, 6.07) is 19.1. The van der Waals surface area contributed by atoms with Crippen molar-refractivity contribution in [2.75, 3.05) is 12.4 Å². The number of fused-ring (bicyclic) bond motifs is 1. The molecule has 3 aromatic carbocycles. The van der Waals surface area contributed by atoms with Crippen molar-refractivity contribution >= 4 is 38.4 Å². The fraction of sp³-hybridized carbons (Fsp3) is 0.0455. The van der Waals surface area contributed by atoms with Crippen molar-refractivity contribution in [1.29, 1.82) is 0 Å². The van der Waals surface area contributed by atoms with Crippen LogP contribution in [0.3, 0.4) is 0 Å². The molecule has 29 heavy (non-hydrogen) atoms. The van der Waals surface area contributed by atoms with Gasteiger partial charge in [-0.3, -0.25) is 4.79 Å². The first-order chi connectivity index (χ1) is 14.0. The average Bonchev–Trinajstić information content (AvgIpc) is 2.74. The summed E-state index contributed by atoms with van der Waals surface area (Å²) in [7, 11) is 1.51. The van der Waals surface area contributed by atoms with Crippen molar-refractivity contribution in [3.8, 4) is 17.2 Å². The summed E-state index contributed by atoms with van der Waals surface area (Å²) in [5, 5.41) is 3.25. The third kappa shape index (κ3) is 3.90. The number of anilines is 1. The summed E-state index contributed by atoms with van der Waals surface area (Å²) < 4.78 is 11.4. The summed E-state index contributed by atoms with van der Waals surface area (Å²) in [6.45, 7) is 0. The van der Waals surface area contributed by atoms with Gasteiger partial charge in [0.25, 0.3) is 5.91 Å². The molecule has 144 valence electrons. The number of nitrogens with one attached hydrogen (secondary N) is 1. The third-order valence-corrected chi connectivity index (χ3v) is 4.80. The number of amides is 1. The van der Waals surface area contributed by atoms with E-state index in [0.717, 1.165) is 4.47 Å². The molecule has 6 nitrogen and oxygen atoms in total. The summed E-state index contributed by atoms with van der Waals surface area (Å²) in [4.78, 5) is 29.4. The van der Waals surface area contributed by atoms with Crippen LogP contribution in [0.15, 0.2) is 80.4 Å². The molecule has 0 saturated carbocycles. The molecule has 0 atom stereocenters. The highest BCUT2D eigenvalue weighted by Crippen LogP contribution is 2.26. The molecular formula is C22H15BrN2O4. The number of halogens is 1. The van der Waals surface area contributed by atoms with Gasteiger partial charge in [-0.1, -0.05) is 34.1 Å². The molecule has 0 aliphatic carbocycles. The fourth-order valence-corrected chi connectivity index (χ4v) is 3.29. The number of rotatable bonds is 4. The molecule has 0 fully saturated rings. The van der Waals surface area contributed by atoms with Gasteiger partial charge in [0.2, 0.25) is 5.89 Å². The molecule has 4 rings (SSSR count). The molecule has 0 unspecified atom stereocenters.